The standard InChI is InChI=1S/C32H39N2/c1-6-7-8-14-22-33-25(2)23-27(24-26(33)3)16-15-21-31-32(4,5)29-19-12-13-20-30(29)34(31)28-17-10-9-11-18-28/h9-13,15-21,23-24H,6-8,14,22H2,1-5H3/q+1. The summed E-state index contributed by atoms with van der Waals surface area (Å²) < 4.78 is 2.46. The Morgan fingerprint density at radius 3 is 2.24 bits per heavy atom. The third-order valence-electron chi connectivity index (χ3n) is 7.09. The Bertz CT molecular complexity index is 1160. The quantitative estimate of drug-likeness (QED) is 0.247. The third kappa shape index (κ3) is 4.87. The van der Waals surface area contributed by atoms with Crippen molar-refractivity contribution in [2.75, 3.05) is 4.90 Å². The molecule has 0 atom stereocenters. The molecule has 1 aromatic heterocycles. The minimum atomic E-state index is -0.0686. The Morgan fingerprint density at radius 1 is 0.853 bits per heavy atom. The zero-order valence-electron chi connectivity index (χ0n) is 21.5. The van der Waals surface area contributed by atoms with E-state index in [1.165, 1.54) is 65.3 Å². The Kier molecular flexibility index (Phi) is 7.36. The number of rotatable bonds is 8. The summed E-state index contributed by atoms with van der Waals surface area (Å²) in [5.74, 6) is 0. The molecule has 3 aromatic rings. The Hall–Kier alpha value is -3.13. The van der Waals surface area contributed by atoms with Gasteiger partial charge in [-0.2, -0.15) is 0 Å². The van der Waals surface area contributed by atoms with Gasteiger partial charge in [0, 0.05) is 54.9 Å². The Labute approximate surface area is 206 Å². The molecule has 1 aliphatic rings. The summed E-state index contributed by atoms with van der Waals surface area (Å²) in [6, 6.07) is 24.1. The summed E-state index contributed by atoms with van der Waals surface area (Å²) in [6.45, 7) is 12.5. The highest BCUT2D eigenvalue weighted by molar-refractivity contribution is 5.80. The van der Waals surface area contributed by atoms with Crippen LogP contribution in [0.5, 0.6) is 0 Å². The molecule has 4 rings (SSSR count). The highest BCUT2D eigenvalue weighted by atomic mass is 15.2. The highest BCUT2D eigenvalue weighted by Crippen LogP contribution is 2.50. The summed E-state index contributed by atoms with van der Waals surface area (Å²) in [6.07, 6.45) is 11.9. The number of aryl methyl sites for hydroxylation is 2. The van der Waals surface area contributed by atoms with Crippen molar-refractivity contribution < 1.29 is 4.57 Å². The number of nitrogens with zero attached hydrogens (tertiary/aromatic N) is 2. The van der Waals surface area contributed by atoms with Gasteiger partial charge in [-0.25, -0.2) is 4.57 Å². The van der Waals surface area contributed by atoms with Gasteiger partial charge in [-0.1, -0.05) is 82.2 Å². The molecule has 2 heteroatoms. The number of allylic oxidation sites excluding steroid dienone is 3. The van der Waals surface area contributed by atoms with Crippen LogP contribution in [0.15, 0.2) is 84.6 Å². The zero-order chi connectivity index (χ0) is 24.1. The molecule has 0 spiro atoms. The molecule has 0 fully saturated rings. The first-order valence-electron chi connectivity index (χ1n) is 12.8. The van der Waals surface area contributed by atoms with Gasteiger partial charge in [-0.15, -0.1) is 0 Å². The van der Waals surface area contributed by atoms with Gasteiger partial charge in [0.15, 0.2) is 11.4 Å². The van der Waals surface area contributed by atoms with E-state index in [2.05, 4.69) is 129 Å². The first-order valence-corrected chi connectivity index (χ1v) is 12.8. The van der Waals surface area contributed by atoms with E-state index in [0.717, 1.165) is 6.54 Å². The van der Waals surface area contributed by atoms with Crippen molar-refractivity contribution in [2.24, 2.45) is 0 Å². The van der Waals surface area contributed by atoms with Crippen molar-refractivity contribution in [1.82, 2.24) is 0 Å². The van der Waals surface area contributed by atoms with E-state index in [4.69, 9.17) is 0 Å². The lowest BCUT2D eigenvalue weighted by Gasteiger charge is -2.27. The number of aromatic nitrogens is 1. The molecule has 2 heterocycles. The molecular formula is C32H39N2+. The predicted molar refractivity (Wildman–Crippen MR) is 145 cm³/mol. The number of para-hydroxylation sites is 2. The number of anilines is 2. The van der Waals surface area contributed by atoms with Crippen molar-refractivity contribution in [3.63, 3.8) is 0 Å². The van der Waals surface area contributed by atoms with Gasteiger partial charge in [0.1, 0.15) is 6.54 Å². The van der Waals surface area contributed by atoms with Crippen LogP contribution in [0.2, 0.25) is 0 Å². The van der Waals surface area contributed by atoms with Gasteiger partial charge in [-0.3, -0.25) is 0 Å². The number of hydrogen-bond acceptors (Lipinski definition) is 1. The minimum absolute atomic E-state index is 0.0686. The molecule has 0 aliphatic carbocycles. The van der Waals surface area contributed by atoms with Crippen LogP contribution in [0, 0.1) is 13.8 Å². The van der Waals surface area contributed by atoms with Gasteiger partial charge in [0.25, 0.3) is 0 Å². The molecule has 0 N–H and O–H groups in total. The largest absolute Gasteiger partial charge is 0.313 e. The number of pyridine rings is 1. The van der Waals surface area contributed by atoms with Crippen molar-refractivity contribution in [1.29, 1.82) is 0 Å². The van der Waals surface area contributed by atoms with E-state index in [9.17, 15) is 0 Å². The molecule has 0 saturated carbocycles. The fourth-order valence-corrected chi connectivity index (χ4v) is 5.24. The number of fused-ring (bicyclic) bond motifs is 1. The van der Waals surface area contributed by atoms with Crippen molar-refractivity contribution in [3.05, 3.63) is 107 Å². The molecule has 1 aliphatic heterocycles. The van der Waals surface area contributed by atoms with E-state index in [1.54, 1.807) is 0 Å². The van der Waals surface area contributed by atoms with E-state index >= 15 is 0 Å². The van der Waals surface area contributed by atoms with E-state index in [0.29, 0.717) is 0 Å². The van der Waals surface area contributed by atoms with Crippen molar-refractivity contribution in [3.8, 4) is 0 Å². The molecule has 0 unspecified atom stereocenters. The topological polar surface area (TPSA) is 7.12 Å². The average molecular weight is 452 g/mol. The maximum Gasteiger partial charge on any atom is 0.179 e. The van der Waals surface area contributed by atoms with Gasteiger partial charge >= 0.3 is 0 Å². The molecule has 0 amide bonds. The third-order valence-corrected chi connectivity index (χ3v) is 7.09. The maximum atomic E-state index is 2.46. The van der Waals surface area contributed by atoms with Crippen LogP contribution in [-0.4, -0.2) is 0 Å². The van der Waals surface area contributed by atoms with E-state index in [-0.39, 0.29) is 5.41 Å². The highest BCUT2D eigenvalue weighted by Gasteiger charge is 2.40. The molecule has 176 valence electrons. The SMILES string of the molecule is CCCCCC[n+]1c(C)cc(C=CC=C2N(c3ccccc3)c3ccccc3C2(C)C)cc1C. The van der Waals surface area contributed by atoms with Crippen LogP contribution in [0.1, 0.15) is 69.0 Å². The summed E-state index contributed by atoms with van der Waals surface area (Å²) >= 11 is 0. The number of unbranched alkanes of at least 4 members (excludes halogenated alkanes) is 3. The van der Waals surface area contributed by atoms with Crippen molar-refractivity contribution in [2.45, 2.75) is 72.3 Å². The van der Waals surface area contributed by atoms with Crippen LogP contribution in [0.3, 0.4) is 0 Å². The van der Waals surface area contributed by atoms with Gasteiger partial charge < -0.3 is 4.90 Å². The van der Waals surface area contributed by atoms with E-state index in [1.807, 2.05) is 0 Å². The average Bonchev–Trinajstić information content (AvgIpc) is 3.05. The Morgan fingerprint density at radius 2 is 1.53 bits per heavy atom. The molecule has 2 nitrogen and oxygen atoms in total. The first kappa shape index (κ1) is 24.0. The lowest BCUT2D eigenvalue weighted by Crippen LogP contribution is -2.40. The van der Waals surface area contributed by atoms with Gasteiger partial charge in [-0.05, 0) is 41.8 Å². The fourth-order valence-electron chi connectivity index (χ4n) is 5.24. The second-order valence-corrected chi connectivity index (χ2v) is 10.0. The van der Waals surface area contributed by atoms with Crippen LogP contribution in [0.25, 0.3) is 6.08 Å². The molecule has 0 saturated heterocycles. The monoisotopic (exact) mass is 451 g/mol. The normalized spacial score (nSPS) is 15.9. The summed E-state index contributed by atoms with van der Waals surface area (Å²) in [5.41, 5.74) is 9.01. The van der Waals surface area contributed by atoms with Crippen LogP contribution < -0.4 is 9.47 Å². The number of benzene rings is 2. The summed E-state index contributed by atoms with van der Waals surface area (Å²) in [7, 11) is 0. The minimum Gasteiger partial charge on any atom is -0.313 e. The molecule has 34 heavy (non-hydrogen) atoms. The zero-order valence-corrected chi connectivity index (χ0v) is 21.5. The van der Waals surface area contributed by atoms with Crippen LogP contribution in [-0.2, 0) is 12.0 Å². The van der Waals surface area contributed by atoms with Gasteiger partial charge in [0.05, 0.1) is 0 Å². The first-order chi connectivity index (χ1) is 16.4. The molecule has 0 bridgehead atoms. The second kappa shape index (κ2) is 10.4. The number of hydrogen-bond donors (Lipinski definition) is 0. The molecule has 2 aromatic carbocycles. The Balaban J connectivity index is 1.63. The predicted octanol–water partition coefficient (Wildman–Crippen LogP) is 8.20. The van der Waals surface area contributed by atoms with Crippen LogP contribution in [0.4, 0.5) is 11.4 Å². The lowest BCUT2D eigenvalue weighted by molar-refractivity contribution is -0.709. The fraction of sp³-hybridized carbons (Fsp3) is 0.344. The maximum absolute atomic E-state index is 2.46. The molecular weight excluding hydrogens is 412 g/mol. The second-order valence-electron chi connectivity index (χ2n) is 10.0. The lowest BCUT2D eigenvalue weighted by atomic mass is 9.83. The van der Waals surface area contributed by atoms with Gasteiger partial charge in [0.2, 0.25) is 0 Å². The van der Waals surface area contributed by atoms with E-state index < -0.39 is 0 Å². The summed E-state index contributed by atoms with van der Waals surface area (Å²) in [4.78, 5) is 2.41. The van der Waals surface area contributed by atoms with Crippen LogP contribution >= 0.6 is 0 Å². The molecule has 0 radical (unpaired) electrons. The van der Waals surface area contributed by atoms with Crippen molar-refractivity contribution >= 4 is 17.5 Å². The summed E-state index contributed by atoms with van der Waals surface area (Å²) in [5, 5.41) is 0. The smallest absolute Gasteiger partial charge is 0.179 e.